The zero-order valence-electron chi connectivity index (χ0n) is 36.6. The lowest BCUT2D eigenvalue weighted by Gasteiger charge is -2.41. The topological polar surface area (TPSA) is 61.8 Å². The number of carbonyl (C=O) groups is 2. The molecule has 304 valence electrons. The lowest BCUT2D eigenvalue weighted by atomic mass is 9.80. The monoisotopic (exact) mass is 815 g/mol. The predicted octanol–water partition coefficient (Wildman–Crippen LogP) is 14.9. The van der Waals surface area contributed by atoms with Gasteiger partial charge in [0.25, 0.3) is 5.91 Å². The molecular formula is C49H74BrN3O2. The number of carbonyl (C=O) groups excluding carboxylic acids is 2. The molecule has 0 aliphatic carbocycles. The molecule has 6 heteroatoms. The lowest BCUT2D eigenvalue weighted by molar-refractivity contribution is -0.119. The third kappa shape index (κ3) is 13.7. The number of benzene rings is 2. The van der Waals surface area contributed by atoms with Gasteiger partial charge in [0.1, 0.15) is 0 Å². The zero-order valence-corrected chi connectivity index (χ0v) is 38.2. The minimum Gasteiger partial charge on any atom is -0.359 e. The van der Waals surface area contributed by atoms with Gasteiger partial charge in [0, 0.05) is 40.5 Å². The molecule has 1 amide bonds. The number of anilines is 1. The molecule has 2 aromatic rings. The van der Waals surface area contributed by atoms with E-state index in [2.05, 4.69) is 119 Å². The van der Waals surface area contributed by atoms with Crippen molar-refractivity contribution >= 4 is 44.7 Å². The SMILES string of the molecule is C=CC(=O)C(C)C(C)CCC(=C(C)CC)C1=C(Nc2ccc(C(C)C)cc2)CCN(C(=O)c2ccc(Br)c(C)c2N=C(C)CC)C1CC.CCCCCCC. The van der Waals surface area contributed by atoms with Gasteiger partial charge >= 0.3 is 0 Å². The second-order valence-electron chi connectivity index (χ2n) is 15.8. The van der Waals surface area contributed by atoms with Crippen LogP contribution in [0.1, 0.15) is 174 Å². The number of amides is 1. The molecule has 0 saturated carbocycles. The molecule has 1 aliphatic rings. The molecule has 5 nitrogen and oxygen atoms in total. The van der Waals surface area contributed by atoms with E-state index in [1.807, 2.05) is 32.9 Å². The van der Waals surface area contributed by atoms with Gasteiger partial charge in [-0.15, -0.1) is 0 Å². The first-order valence-electron chi connectivity index (χ1n) is 21.3. The summed E-state index contributed by atoms with van der Waals surface area (Å²) in [6.45, 7) is 30.2. The fraction of sp³-hybridized carbons (Fsp3) is 0.571. The van der Waals surface area contributed by atoms with Crippen LogP contribution in [0.4, 0.5) is 11.4 Å². The maximum atomic E-state index is 14.7. The van der Waals surface area contributed by atoms with Gasteiger partial charge in [-0.05, 0) is 117 Å². The first-order valence-corrected chi connectivity index (χ1v) is 22.1. The van der Waals surface area contributed by atoms with Crippen LogP contribution in [0.25, 0.3) is 0 Å². The highest BCUT2D eigenvalue weighted by Crippen LogP contribution is 2.40. The number of unbranched alkanes of at least 4 members (excludes halogenated alkanes) is 4. The van der Waals surface area contributed by atoms with Gasteiger partial charge in [0.2, 0.25) is 0 Å². The summed E-state index contributed by atoms with van der Waals surface area (Å²) in [4.78, 5) is 34.2. The fourth-order valence-corrected chi connectivity index (χ4v) is 7.48. The summed E-state index contributed by atoms with van der Waals surface area (Å²) in [5.74, 6) is 0.683. The Balaban J connectivity index is 0.00000136. The number of halogens is 1. The van der Waals surface area contributed by atoms with Gasteiger partial charge in [-0.1, -0.05) is 135 Å². The van der Waals surface area contributed by atoms with Crippen LogP contribution in [-0.4, -0.2) is 34.9 Å². The molecule has 0 radical (unpaired) electrons. The van der Waals surface area contributed by atoms with Gasteiger partial charge in [0.05, 0.1) is 17.3 Å². The highest BCUT2D eigenvalue weighted by Gasteiger charge is 2.36. The molecular weight excluding hydrogens is 742 g/mol. The van der Waals surface area contributed by atoms with E-state index in [9.17, 15) is 9.59 Å². The van der Waals surface area contributed by atoms with Crippen LogP contribution >= 0.6 is 15.9 Å². The van der Waals surface area contributed by atoms with Gasteiger partial charge < -0.3 is 10.2 Å². The number of nitrogens with one attached hydrogen (secondary N) is 1. The number of hydrogen-bond acceptors (Lipinski definition) is 4. The number of hydrogen-bond donors (Lipinski definition) is 1. The van der Waals surface area contributed by atoms with Crippen molar-refractivity contribution in [2.45, 2.75) is 166 Å². The molecule has 3 rings (SSSR count). The Hall–Kier alpha value is -3.25. The highest BCUT2D eigenvalue weighted by molar-refractivity contribution is 9.10. The number of rotatable bonds is 19. The van der Waals surface area contributed by atoms with E-state index >= 15 is 0 Å². The summed E-state index contributed by atoms with van der Waals surface area (Å²) in [6, 6.07) is 12.5. The molecule has 0 fully saturated rings. The smallest absolute Gasteiger partial charge is 0.256 e. The Bertz CT molecular complexity index is 1640. The number of ketones is 1. The van der Waals surface area contributed by atoms with E-state index in [0.717, 1.165) is 59.2 Å². The quantitative estimate of drug-likeness (QED) is 0.0873. The second kappa shape index (κ2) is 24.4. The van der Waals surface area contributed by atoms with Crippen molar-refractivity contribution in [3.05, 3.63) is 92.6 Å². The molecule has 0 aromatic heterocycles. The molecule has 0 saturated heterocycles. The van der Waals surface area contributed by atoms with Crippen LogP contribution in [0.5, 0.6) is 0 Å². The molecule has 1 aliphatic heterocycles. The van der Waals surface area contributed by atoms with Crippen LogP contribution in [-0.2, 0) is 4.79 Å². The predicted molar refractivity (Wildman–Crippen MR) is 243 cm³/mol. The summed E-state index contributed by atoms with van der Waals surface area (Å²) < 4.78 is 0.949. The van der Waals surface area contributed by atoms with Crippen molar-refractivity contribution in [3.63, 3.8) is 0 Å². The third-order valence-electron chi connectivity index (χ3n) is 11.5. The highest BCUT2D eigenvalue weighted by atomic mass is 79.9. The average molecular weight is 817 g/mol. The maximum absolute atomic E-state index is 14.7. The first-order chi connectivity index (χ1) is 26.2. The van der Waals surface area contributed by atoms with Crippen molar-refractivity contribution < 1.29 is 9.59 Å². The van der Waals surface area contributed by atoms with Gasteiger partial charge in [-0.3, -0.25) is 14.6 Å². The van der Waals surface area contributed by atoms with Gasteiger partial charge in [0.15, 0.2) is 5.78 Å². The van der Waals surface area contributed by atoms with Crippen LogP contribution in [0, 0.1) is 18.8 Å². The minimum atomic E-state index is -0.115. The summed E-state index contributed by atoms with van der Waals surface area (Å²) in [6.07, 6.45) is 13.4. The Kier molecular flexibility index (Phi) is 21.2. The Morgan fingerprint density at radius 3 is 2.11 bits per heavy atom. The van der Waals surface area contributed by atoms with Crippen LogP contribution in [0.15, 0.2) is 80.9 Å². The molecule has 3 unspecified atom stereocenters. The van der Waals surface area contributed by atoms with Crippen molar-refractivity contribution in [2.24, 2.45) is 16.8 Å². The molecule has 1 heterocycles. The molecule has 1 N–H and O–H groups in total. The minimum absolute atomic E-state index is 0.0185. The average Bonchev–Trinajstić information content (AvgIpc) is 3.19. The van der Waals surface area contributed by atoms with E-state index < -0.39 is 0 Å². The molecule has 0 spiro atoms. The standard InChI is InChI=1S/C42H58BrN3O2.C7H16/c1-12-27(7)34(21-16-28(8)30(10)39(47)15-4)40-37(45-33-19-17-32(18-20-33)26(5)6)24-25-46(38(40)14-3)42(48)35-22-23-36(43)31(11)41(35)44-29(9)13-2;1-3-5-7-6-4-2/h15,17-20,22-23,26,28,30,38,45H,4,12-14,16,21,24-25H2,1-3,5-11H3;3-7H2,1-2H3. The summed E-state index contributed by atoms with van der Waals surface area (Å²) in [5, 5.41) is 3.83. The lowest BCUT2D eigenvalue weighted by Crippen LogP contribution is -2.46. The van der Waals surface area contributed by atoms with Crippen LogP contribution in [0.3, 0.4) is 0 Å². The van der Waals surface area contributed by atoms with Crippen LogP contribution < -0.4 is 5.32 Å². The van der Waals surface area contributed by atoms with Crippen molar-refractivity contribution in [2.75, 3.05) is 11.9 Å². The summed E-state index contributed by atoms with van der Waals surface area (Å²) in [5.41, 5.74) is 10.8. The van der Waals surface area contributed by atoms with Crippen molar-refractivity contribution in [1.29, 1.82) is 0 Å². The van der Waals surface area contributed by atoms with E-state index in [1.165, 1.54) is 66.2 Å². The largest absolute Gasteiger partial charge is 0.359 e. The molecule has 55 heavy (non-hydrogen) atoms. The normalized spacial score (nSPS) is 16.3. The number of aliphatic imine (C=N–C) groups is 1. The Labute approximate surface area is 344 Å². The van der Waals surface area contributed by atoms with E-state index in [-0.39, 0.29) is 29.6 Å². The third-order valence-corrected chi connectivity index (χ3v) is 12.4. The number of allylic oxidation sites excluding steroid dienone is 2. The van der Waals surface area contributed by atoms with Crippen molar-refractivity contribution in [3.8, 4) is 0 Å². The first kappa shape index (κ1) is 47.9. The van der Waals surface area contributed by atoms with E-state index in [0.29, 0.717) is 24.4 Å². The summed E-state index contributed by atoms with van der Waals surface area (Å²) in [7, 11) is 0. The summed E-state index contributed by atoms with van der Waals surface area (Å²) >= 11 is 3.68. The van der Waals surface area contributed by atoms with Gasteiger partial charge in [-0.25, -0.2) is 0 Å². The Morgan fingerprint density at radius 2 is 1.58 bits per heavy atom. The fourth-order valence-electron chi connectivity index (χ4n) is 7.16. The molecule has 3 atom stereocenters. The zero-order chi connectivity index (χ0) is 41.2. The Morgan fingerprint density at radius 1 is 0.945 bits per heavy atom. The molecule has 0 bridgehead atoms. The maximum Gasteiger partial charge on any atom is 0.256 e. The molecule has 2 aromatic carbocycles. The van der Waals surface area contributed by atoms with E-state index in [1.54, 1.807) is 0 Å². The van der Waals surface area contributed by atoms with Crippen molar-refractivity contribution in [1.82, 2.24) is 4.90 Å². The van der Waals surface area contributed by atoms with Crippen LogP contribution in [0.2, 0.25) is 0 Å². The second-order valence-corrected chi connectivity index (χ2v) is 16.7. The number of nitrogens with zero attached hydrogens (tertiary/aromatic N) is 2. The van der Waals surface area contributed by atoms with Gasteiger partial charge in [-0.2, -0.15) is 0 Å². The van der Waals surface area contributed by atoms with E-state index in [4.69, 9.17) is 4.99 Å².